The molecular weight excluding hydrogens is 438 g/mol. The highest BCUT2D eigenvalue weighted by Gasteiger charge is 2.35. The summed E-state index contributed by atoms with van der Waals surface area (Å²) in [6, 6.07) is 13.6. The first-order valence-corrected chi connectivity index (χ1v) is 11.4. The number of aromatic nitrogens is 3. The van der Waals surface area contributed by atoms with Crippen LogP contribution in [0, 0.1) is 0 Å². The van der Waals surface area contributed by atoms with Gasteiger partial charge >= 0.3 is 0 Å². The third kappa shape index (κ3) is 3.58. The second-order valence-corrected chi connectivity index (χ2v) is 8.79. The molecule has 3 aromatic heterocycles. The van der Waals surface area contributed by atoms with E-state index in [-0.39, 0.29) is 5.91 Å². The van der Waals surface area contributed by atoms with E-state index in [9.17, 15) is 4.79 Å². The smallest absolute Gasteiger partial charge is 0.264 e. The molecule has 5 heterocycles. The summed E-state index contributed by atoms with van der Waals surface area (Å²) in [5.41, 5.74) is 3.64. The van der Waals surface area contributed by atoms with Crippen molar-refractivity contribution >= 4 is 34.4 Å². The minimum atomic E-state index is -0.540. The van der Waals surface area contributed by atoms with Gasteiger partial charge in [-0.2, -0.15) is 0 Å². The maximum Gasteiger partial charge on any atom is 0.264 e. The van der Waals surface area contributed by atoms with Crippen LogP contribution in [0.1, 0.15) is 5.56 Å². The Morgan fingerprint density at radius 3 is 2.73 bits per heavy atom. The lowest BCUT2D eigenvalue weighted by Gasteiger charge is -2.36. The second-order valence-electron chi connectivity index (χ2n) is 8.35. The maximum absolute atomic E-state index is 13.3. The number of aromatic amines is 1. The van der Waals surface area contributed by atoms with E-state index in [1.165, 1.54) is 0 Å². The molecule has 0 bridgehead atoms. The third-order valence-electron chi connectivity index (χ3n) is 6.39. The quantitative estimate of drug-likeness (QED) is 0.502. The van der Waals surface area contributed by atoms with Crippen LogP contribution in [0.3, 0.4) is 0 Å². The number of carbonyl (C=O) groups excluding carboxylic acids is 1. The molecule has 1 amide bonds. The monoisotopic (exact) mass is 459 g/mol. The molecule has 0 unspecified atom stereocenters. The number of fused-ring (bicyclic) bond motifs is 2. The Morgan fingerprint density at radius 1 is 1.03 bits per heavy atom. The van der Waals surface area contributed by atoms with Gasteiger partial charge in [-0.05, 0) is 42.0 Å². The van der Waals surface area contributed by atoms with E-state index in [2.05, 4.69) is 19.9 Å². The number of anilines is 1. The Hall–Kier alpha value is -3.58. The van der Waals surface area contributed by atoms with Gasteiger partial charge in [0.1, 0.15) is 17.2 Å². The van der Waals surface area contributed by atoms with E-state index >= 15 is 0 Å². The molecule has 7 nitrogen and oxygen atoms in total. The van der Waals surface area contributed by atoms with Crippen molar-refractivity contribution in [3.05, 3.63) is 71.6 Å². The van der Waals surface area contributed by atoms with Crippen LogP contribution in [0.2, 0.25) is 5.02 Å². The van der Waals surface area contributed by atoms with Gasteiger partial charge in [0.2, 0.25) is 0 Å². The van der Waals surface area contributed by atoms with E-state index in [4.69, 9.17) is 16.3 Å². The summed E-state index contributed by atoms with van der Waals surface area (Å²) in [5, 5.41) is 1.62. The van der Waals surface area contributed by atoms with Gasteiger partial charge in [-0.25, -0.2) is 9.97 Å². The molecule has 6 rings (SSSR count). The van der Waals surface area contributed by atoms with Crippen molar-refractivity contribution in [1.82, 2.24) is 19.9 Å². The van der Waals surface area contributed by atoms with Gasteiger partial charge in [0, 0.05) is 72.7 Å². The Morgan fingerprint density at radius 2 is 1.91 bits per heavy atom. The molecule has 4 aromatic rings. The number of halogens is 1. The molecule has 1 N–H and O–H groups in total. The van der Waals surface area contributed by atoms with E-state index in [1.807, 2.05) is 53.6 Å². The number of amides is 1. The number of H-pyrrole nitrogens is 1. The van der Waals surface area contributed by atoms with Crippen molar-refractivity contribution in [3.8, 4) is 16.9 Å². The zero-order valence-electron chi connectivity index (χ0n) is 17.9. The summed E-state index contributed by atoms with van der Waals surface area (Å²) in [4.78, 5) is 29.4. The van der Waals surface area contributed by atoms with Crippen LogP contribution >= 0.6 is 11.6 Å². The van der Waals surface area contributed by atoms with Crippen molar-refractivity contribution in [2.24, 2.45) is 0 Å². The van der Waals surface area contributed by atoms with E-state index < -0.39 is 6.10 Å². The molecule has 0 saturated carbocycles. The lowest BCUT2D eigenvalue weighted by atomic mass is 9.99. The number of pyridine rings is 2. The van der Waals surface area contributed by atoms with Crippen LogP contribution in [-0.4, -0.2) is 58.0 Å². The Kier molecular flexibility index (Phi) is 4.91. The number of piperazine rings is 1. The highest BCUT2D eigenvalue weighted by molar-refractivity contribution is 6.31. The zero-order chi connectivity index (χ0) is 22.4. The van der Waals surface area contributed by atoms with Crippen LogP contribution < -0.4 is 9.64 Å². The van der Waals surface area contributed by atoms with Gasteiger partial charge in [-0.1, -0.05) is 17.7 Å². The van der Waals surface area contributed by atoms with Gasteiger partial charge in [0.05, 0.1) is 0 Å². The molecule has 1 atom stereocenters. The average molecular weight is 460 g/mol. The number of nitrogens with zero attached hydrogens (tertiary/aromatic N) is 4. The number of carbonyl (C=O) groups is 1. The highest BCUT2D eigenvalue weighted by atomic mass is 35.5. The van der Waals surface area contributed by atoms with Gasteiger partial charge in [0.15, 0.2) is 6.10 Å². The van der Waals surface area contributed by atoms with Gasteiger partial charge in [-0.3, -0.25) is 4.79 Å². The van der Waals surface area contributed by atoms with Crippen molar-refractivity contribution in [2.45, 2.75) is 12.5 Å². The molecule has 1 aromatic carbocycles. The standard InChI is InChI=1S/C25H22ClN5O2/c26-17-13-16-14-21(25(32)31-11-9-30(10-12-31)22-3-1-2-6-27-22)33-23(16)20(15-17)18-4-7-28-24-19(18)5-8-29-24/h1-8,13,15,21H,9-12,14H2,(H,28,29)/t21-/m1/s1. The van der Waals surface area contributed by atoms with Crippen molar-refractivity contribution in [3.63, 3.8) is 0 Å². The number of nitrogens with one attached hydrogen (secondary N) is 1. The van der Waals surface area contributed by atoms with Gasteiger partial charge in [0.25, 0.3) is 5.91 Å². The van der Waals surface area contributed by atoms with Crippen molar-refractivity contribution in [1.29, 1.82) is 0 Å². The highest BCUT2D eigenvalue weighted by Crippen LogP contribution is 2.43. The zero-order valence-corrected chi connectivity index (χ0v) is 18.6. The SMILES string of the molecule is O=C([C@H]1Cc2cc(Cl)cc(-c3ccnc4[nH]ccc34)c2O1)N1CCN(c2ccccn2)CC1. The Balaban J connectivity index is 1.22. The lowest BCUT2D eigenvalue weighted by molar-refractivity contribution is -0.138. The minimum absolute atomic E-state index is 0.0236. The third-order valence-corrected chi connectivity index (χ3v) is 6.60. The average Bonchev–Trinajstić information content (AvgIpc) is 3.51. The maximum atomic E-state index is 13.3. The summed E-state index contributed by atoms with van der Waals surface area (Å²) in [5.74, 6) is 1.70. The Labute approximate surface area is 196 Å². The van der Waals surface area contributed by atoms with Crippen LogP contribution in [0.4, 0.5) is 5.82 Å². The summed E-state index contributed by atoms with van der Waals surface area (Å²) < 4.78 is 6.29. The number of rotatable bonds is 3. The van der Waals surface area contributed by atoms with E-state index in [1.54, 1.807) is 12.4 Å². The fourth-order valence-corrected chi connectivity index (χ4v) is 5.00. The molecule has 8 heteroatoms. The summed E-state index contributed by atoms with van der Waals surface area (Å²) in [6.07, 6.45) is 5.40. The molecule has 1 fully saturated rings. The summed E-state index contributed by atoms with van der Waals surface area (Å²) >= 11 is 6.47. The van der Waals surface area contributed by atoms with Crippen molar-refractivity contribution in [2.75, 3.05) is 31.1 Å². The Bertz CT molecular complexity index is 1330. The molecule has 0 spiro atoms. The number of hydrogen-bond acceptors (Lipinski definition) is 5. The molecular formula is C25H22ClN5O2. The molecule has 33 heavy (non-hydrogen) atoms. The largest absolute Gasteiger partial charge is 0.479 e. The van der Waals surface area contributed by atoms with Crippen LogP contribution in [-0.2, 0) is 11.2 Å². The first-order chi connectivity index (χ1) is 16.2. The number of ether oxygens (including phenoxy) is 1. The fraction of sp³-hybridized carbons (Fsp3) is 0.240. The van der Waals surface area contributed by atoms with Crippen molar-refractivity contribution < 1.29 is 9.53 Å². The van der Waals surface area contributed by atoms with Crippen LogP contribution in [0.5, 0.6) is 5.75 Å². The molecule has 0 aliphatic carbocycles. The minimum Gasteiger partial charge on any atom is -0.479 e. The fourth-order valence-electron chi connectivity index (χ4n) is 4.76. The van der Waals surface area contributed by atoms with Gasteiger partial charge < -0.3 is 19.5 Å². The summed E-state index contributed by atoms with van der Waals surface area (Å²) in [7, 11) is 0. The molecule has 0 radical (unpaired) electrons. The predicted octanol–water partition coefficient (Wildman–Crippen LogP) is 3.93. The van der Waals surface area contributed by atoms with E-state index in [0.29, 0.717) is 24.5 Å². The lowest BCUT2D eigenvalue weighted by Crippen LogP contribution is -2.52. The first kappa shape index (κ1) is 20.1. The molecule has 1 saturated heterocycles. The molecule has 2 aliphatic heterocycles. The molecule has 166 valence electrons. The van der Waals surface area contributed by atoms with E-state index in [0.717, 1.165) is 52.4 Å². The first-order valence-electron chi connectivity index (χ1n) is 11.0. The topological polar surface area (TPSA) is 74.4 Å². The number of hydrogen-bond donors (Lipinski definition) is 1. The second kappa shape index (κ2) is 8.08. The van der Waals surface area contributed by atoms with Crippen LogP contribution in [0.25, 0.3) is 22.2 Å². The predicted molar refractivity (Wildman–Crippen MR) is 128 cm³/mol. The number of benzene rings is 1. The van der Waals surface area contributed by atoms with Crippen LogP contribution in [0.15, 0.2) is 61.1 Å². The van der Waals surface area contributed by atoms with Gasteiger partial charge in [-0.15, -0.1) is 0 Å². The normalized spacial score (nSPS) is 17.8. The molecule has 2 aliphatic rings. The summed E-state index contributed by atoms with van der Waals surface area (Å²) in [6.45, 7) is 2.80.